The molecule has 0 bridgehead atoms. The predicted molar refractivity (Wildman–Crippen MR) is 61.3 cm³/mol. The molecule has 88 valence electrons. The molecular formula is C11H18N4O. The van der Waals surface area contributed by atoms with Crippen LogP contribution < -0.4 is 10.6 Å². The number of hydrogen-bond donors (Lipinski definition) is 2. The third-order valence-corrected chi connectivity index (χ3v) is 2.89. The normalized spacial score (nSPS) is 20.8. The molecule has 2 N–H and O–H groups in total. The molecule has 0 radical (unpaired) electrons. The van der Waals surface area contributed by atoms with Crippen molar-refractivity contribution in [2.75, 3.05) is 13.1 Å². The molecule has 0 aromatic carbocycles. The summed E-state index contributed by atoms with van der Waals surface area (Å²) in [5.41, 5.74) is 1.46. The van der Waals surface area contributed by atoms with Gasteiger partial charge in [0.15, 0.2) is 0 Å². The minimum Gasteiger partial charge on any atom is -0.348 e. The average molecular weight is 222 g/mol. The molecule has 1 aliphatic heterocycles. The van der Waals surface area contributed by atoms with E-state index < -0.39 is 0 Å². The highest BCUT2D eigenvalue weighted by molar-refractivity contribution is 5.95. The van der Waals surface area contributed by atoms with E-state index >= 15 is 0 Å². The van der Waals surface area contributed by atoms with Gasteiger partial charge in [-0.05, 0) is 26.3 Å². The topological polar surface area (TPSA) is 59.0 Å². The molecule has 1 aromatic heterocycles. The maximum absolute atomic E-state index is 12.0. The summed E-state index contributed by atoms with van der Waals surface area (Å²) in [5.74, 6) is -0.0145. The first-order valence-corrected chi connectivity index (χ1v) is 5.68. The van der Waals surface area contributed by atoms with E-state index in [4.69, 9.17) is 0 Å². The molecule has 1 amide bonds. The lowest BCUT2D eigenvalue weighted by atomic mass is 10.1. The zero-order valence-corrected chi connectivity index (χ0v) is 9.79. The third-order valence-electron chi connectivity index (χ3n) is 2.89. The third kappa shape index (κ3) is 2.41. The van der Waals surface area contributed by atoms with Crippen molar-refractivity contribution in [3.8, 4) is 0 Å². The average Bonchev–Trinajstić information content (AvgIpc) is 2.59. The van der Waals surface area contributed by atoms with Gasteiger partial charge in [-0.25, -0.2) is 0 Å². The van der Waals surface area contributed by atoms with Crippen LogP contribution in [0.15, 0.2) is 6.20 Å². The summed E-state index contributed by atoms with van der Waals surface area (Å²) >= 11 is 0. The first kappa shape index (κ1) is 11.1. The van der Waals surface area contributed by atoms with Gasteiger partial charge < -0.3 is 10.6 Å². The summed E-state index contributed by atoms with van der Waals surface area (Å²) in [5, 5.41) is 10.5. The molecule has 1 aromatic rings. The standard InChI is InChI=1S/C11H18N4O/c1-8-10(7-15(2)14-8)11(16)13-9-4-3-5-12-6-9/h7,9,12H,3-6H2,1-2H3,(H,13,16)/t9-/m1/s1. The zero-order chi connectivity index (χ0) is 11.5. The molecule has 1 saturated heterocycles. The van der Waals surface area contributed by atoms with E-state index in [1.54, 1.807) is 10.9 Å². The second kappa shape index (κ2) is 4.65. The van der Waals surface area contributed by atoms with Crippen LogP contribution in [0.3, 0.4) is 0 Å². The van der Waals surface area contributed by atoms with Gasteiger partial charge in [0.2, 0.25) is 0 Å². The van der Waals surface area contributed by atoms with E-state index in [-0.39, 0.29) is 11.9 Å². The predicted octanol–water partition coefficient (Wildman–Crippen LogP) is 0.210. The molecule has 0 spiro atoms. The van der Waals surface area contributed by atoms with Crippen molar-refractivity contribution in [3.05, 3.63) is 17.5 Å². The largest absolute Gasteiger partial charge is 0.348 e. The Morgan fingerprint density at radius 2 is 2.50 bits per heavy atom. The Labute approximate surface area is 95.2 Å². The van der Waals surface area contributed by atoms with Gasteiger partial charge in [-0.15, -0.1) is 0 Å². The highest BCUT2D eigenvalue weighted by Crippen LogP contribution is 2.07. The molecule has 16 heavy (non-hydrogen) atoms. The number of carbonyl (C=O) groups is 1. The van der Waals surface area contributed by atoms with Crippen LogP contribution in [-0.2, 0) is 7.05 Å². The molecule has 0 unspecified atom stereocenters. The van der Waals surface area contributed by atoms with Crippen molar-refractivity contribution in [1.82, 2.24) is 20.4 Å². The number of carbonyl (C=O) groups excluding carboxylic acids is 1. The molecule has 0 saturated carbocycles. The highest BCUT2D eigenvalue weighted by Gasteiger charge is 2.18. The van der Waals surface area contributed by atoms with Crippen molar-refractivity contribution < 1.29 is 4.79 Å². The van der Waals surface area contributed by atoms with Crippen LogP contribution >= 0.6 is 0 Å². The van der Waals surface area contributed by atoms with Crippen molar-refractivity contribution in [3.63, 3.8) is 0 Å². The van der Waals surface area contributed by atoms with Crippen LogP contribution in [0.1, 0.15) is 28.9 Å². The number of rotatable bonds is 2. The maximum Gasteiger partial charge on any atom is 0.255 e. The summed E-state index contributed by atoms with van der Waals surface area (Å²) in [6.45, 7) is 3.78. The lowest BCUT2D eigenvalue weighted by Gasteiger charge is -2.23. The number of nitrogens with one attached hydrogen (secondary N) is 2. The lowest BCUT2D eigenvalue weighted by Crippen LogP contribution is -2.45. The second-order valence-corrected chi connectivity index (χ2v) is 4.32. The second-order valence-electron chi connectivity index (χ2n) is 4.32. The molecule has 2 rings (SSSR count). The van der Waals surface area contributed by atoms with Crippen LogP contribution in [0, 0.1) is 6.92 Å². The van der Waals surface area contributed by atoms with Gasteiger partial charge >= 0.3 is 0 Å². The summed E-state index contributed by atoms with van der Waals surface area (Å²) in [6.07, 6.45) is 3.94. The van der Waals surface area contributed by atoms with E-state index in [0.717, 1.165) is 31.6 Å². The lowest BCUT2D eigenvalue weighted by molar-refractivity contribution is 0.0930. The van der Waals surface area contributed by atoms with Crippen molar-refractivity contribution >= 4 is 5.91 Å². The fraction of sp³-hybridized carbons (Fsp3) is 0.636. The van der Waals surface area contributed by atoms with E-state index in [1.165, 1.54) is 0 Å². The van der Waals surface area contributed by atoms with Gasteiger partial charge in [0.25, 0.3) is 5.91 Å². The Morgan fingerprint density at radius 1 is 1.69 bits per heavy atom. The Kier molecular flexibility index (Phi) is 3.24. The highest BCUT2D eigenvalue weighted by atomic mass is 16.1. The van der Waals surface area contributed by atoms with Gasteiger partial charge in [0.1, 0.15) is 0 Å². The van der Waals surface area contributed by atoms with Gasteiger partial charge in [-0.3, -0.25) is 9.48 Å². The van der Waals surface area contributed by atoms with Crippen LogP contribution in [0.2, 0.25) is 0 Å². The monoisotopic (exact) mass is 222 g/mol. The fourth-order valence-electron chi connectivity index (χ4n) is 2.06. The summed E-state index contributed by atoms with van der Waals surface area (Å²) < 4.78 is 1.67. The van der Waals surface area contributed by atoms with E-state index in [9.17, 15) is 4.79 Å². The Balaban J connectivity index is 1.99. The molecular weight excluding hydrogens is 204 g/mol. The number of nitrogens with zero attached hydrogens (tertiary/aromatic N) is 2. The van der Waals surface area contributed by atoms with Crippen molar-refractivity contribution in [2.45, 2.75) is 25.8 Å². The summed E-state index contributed by atoms with van der Waals surface area (Å²) in [7, 11) is 1.83. The number of aryl methyl sites for hydroxylation is 2. The van der Waals surface area contributed by atoms with Gasteiger partial charge in [0, 0.05) is 25.8 Å². The Bertz CT molecular complexity index is 379. The minimum absolute atomic E-state index is 0.0145. The fourth-order valence-corrected chi connectivity index (χ4v) is 2.06. The van der Waals surface area contributed by atoms with Crippen molar-refractivity contribution in [2.24, 2.45) is 7.05 Å². The number of hydrogen-bond acceptors (Lipinski definition) is 3. The quantitative estimate of drug-likeness (QED) is 0.752. The van der Waals surface area contributed by atoms with Gasteiger partial charge in [0.05, 0.1) is 11.3 Å². The molecule has 1 fully saturated rings. The molecule has 2 heterocycles. The maximum atomic E-state index is 12.0. The summed E-state index contributed by atoms with van der Waals surface area (Å²) in [4.78, 5) is 12.0. The van der Waals surface area contributed by atoms with Crippen molar-refractivity contribution in [1.29, 1.82) is 0 Å². The number of amides is 1. The SMILES string of the molecule is Cc1nn(C)cc1C(=O)N[C@@H]1CCCNC1. The van der Waals surface area contributed by atoms with Crippen LogP contribution in [-0.4, -0.2) is 34.8 Å². The molecule has 5 heteroatoms. The molecule has 0 aliphatic carbocycles. The number of aromatic nitrogens is 2. The van der Waals surface area contributed by atoms with Crippen LogP contribution in [0.25, 0.3) is 0 Å². The Hall–Kier alpha value is -1.36. The van der Waals surface area contributed by atoms with E-state index in [1.807, 2.05) is 14.0 Å². The Morgan fingerprint density at radius 3 is 3.06 bits per heavy atom. The first-order chi connectivity index (χ1) is 7.66. The molecule has 1 aliphatic rings. The molecule has 5 nitrogen and oxygen atoms in total. The minimum atomic E-state index is -0.0145. The van der Waals surface area contributed by atoms with Gasteiger partial charge in [-0.2, -0.15) is 5.10 Å². The molecule has 1 atom stereocenters. The van der Waals surface area contributed by atoms with Crippen LogP contribution in [0.4, 0.5) is 0 Å². The van der Waals surface area contributed by atoms with Gasteiger partial charge in [-0.1, -0.05) is 0 Å². The first-order valence-electron chi connectivity index (χ1n) is 5.68. The summed E-state index contributed by atoms with van der Waals surface area (Å²) in [6, 6.07) is 0.251. The number of piperidine rings is 1. The van der Waals surface area contributed by atoms with E-state index in [0.29, 0.717) is 5.56 Å². The van der Waals surface area contributed by atoms with Crippen LogP contribution in [0.5, 0.6) is 0 Å². The smallest absolute Gasteiger partial charge is 0.255 e. The zero-order valence-electron chi connectivity index (χ0n) is 9.79. The van der Waals surface area contributed by atoms with E-state index in [2.05, 4.69) is 15.7 Å².